The van der Waals surface area contributed by atoms with E-state index in [-0.39, 0.29) is 5.54 Å². The van der Waals surface area contributed by atoms with Gasteiger partial charge in [-0.25, -0.2) is 9.98 Å². The molecule has 28 heavy (non-hydrogen) atoms. The fourth-order valence-corrected chi connectivity index (χ4v) is 4.50. The largest absolute Gasteiger partial charge is 0.353 e. The topological polar surface area (TPSA) is 48.8 Å². The van der Waals surface area contributed by atoms with E-state index >= 15 is 0 Å². The lowest BCUT2D eigenvalue weighted by Crippen LogP contribution is -2.59. The van der Waals surface area contributed by atoms with Crippen LogP contribution in [0.2, 0.25) is 0 Å². The minimum absolute atomic E-state index is 0.315. The van der Waals surface area contributed by atoms with Gasteiger partial charge in [0.1, 0.15) is 11.5 Å². The second-order valence-electron chi connectivity index (χ2n) is 7.82. The SMILES string of the molecule is CN1CCC(=O)C12CCC1=Nc3cc(C#Cc4ccccn4)ccc3CN1C2. The van der Waals surface area contributed by atoms with Gasteiger partial charge in [0.05, 0.1) is 11.2 Å². The first kappa shape index (κ1) is 17.2. The van der Waals surface area contributed by atoms with Gasteiger partial charge in [0.15, 0.2) is 5.78 Å². The van der Waals surface area contributed by atoms with E-state index in [1.807, 2.05) is 24.3 Å². The van der Waals surface area contributed by atoms with Crippen LogP contribution >= 0.6 is 0 Å². The van der Waals surface area contributed by atoms with Gasteiger partial charge in [-0.2, -0.15) is 0 Å². The van der Waals surface area contributed by atoms with E-state index < -0.39 is 0 Å². The van der Waals surface area contributed by atoms with Gasteiger partial charge in [0.2, 0.25) is 0 Å². The standard InChI is InChI=1S/C23H22N4O/c1-26-13-10-21(28)23(26)11-9-22-25-20-14-17(5-7-18(20)15-27(22)16-23)6-8-19-4-2-3-12-24-19/h2-5,7,12,14H,9-11,13,15-16H2,1H3. The lowest BCUT2D eigenvalue weighted by molar-refractivity contribution is -0.126. The fraction of sp³-hybridized carbons (Fsp3) is 0.348. The third kappa shape index (κ3) is 2.81. The molecule has 0 aliphatic carbocycles. The van der Waals surface area contributed by atoms with Crippen molar-refractivity contribution >= 4 is 17.3 Å². The Morgan fingerprint density at radius 2 is 2.07 bits per heavy atom. The number of Topliss-reactive ketones (excluding diaryl/α,β-unsaturated/α-hetero) is 1. The molecule has 0 N–H and O–H groups in total. The van der Waals surface area contributed by atoms with Gasteiger partial charge < -0.3 is 4.90 Å². The van der Waals surface area contributed by atoms with E-state index in [9.17, 15) is 4.79 Å². The molecule has 3 aliphatic rings. The number of aliphatic imine (C=N–C) groups is 1. The molecule has 1 spiro atoms. The number of benzene rings is 1. The number of rotatable bonds is 0. The van der Waals surface area contributed by atoms with E-state index in [0.29, 0.717) is 12.2 Å². The summed E-state index contributed by atoms with van der Waals surface area (Å²) < 4.78 is 0. The third-order valence-electron chi connectivity index (χ3n) is 6.20. The third-order valence-corrected chi connectivity index (χ3v) is 6.20. The Bertz CT molecular complexity index is 1030. The maximum Gasteiger partial charge on any atom is 0.156 e. The number of fused-ring (bicyclic) bond motifs is 2. The first-order valence-corrected chi connectivity index (χ1v) is 9.77. The molecule has 2 saturated heterocycles. The van der Waals surface area contributed by atoms with Gasteiger partial charge in [-0.1, -0.05) is 18.1 Å². The predicted octanol–water partition coefficient (Wildman–Crippen LogP) is 2.76. The molecule has 0 saturated carbocycles. The summed E-state index contributed by atoms with van der Waals surface area (Å²) in [5.74, 6) is 7.78. The molecule has 4 heterocycles. The Labute approximate surface area is 165 Å². The lowest BCUT2D eigenvalue weighted by Gasteiger charge is -2.46. The second kappa shape index (κ2) is 6.57. The number of carbonyl (C=O) groups is 1. The van der Waals surface area contributed by atoms with Crippen LogP contribution in [0.4, 0.5) is 5.69 Å². The first-order chi connectivity index (χ1) is 13.6. The Morgan fingerprint density at radius 3 is 2.86 bits per heavy atom. The number of nitrogens with zero attached hydrogens (tertiary/aromatic N) is 4. The number of hydrogen-bond donors (Lipinski definition) is 0. The average Bonchev–Trinajstić information content (AvgIpc) is 2.99. The molecule has 5 heteroatoms. The number of piperidine rings is 1. The van der Waals surface area contributed by atoms with Gasteiger partial charge >= 0.3 is 0 Å². The van der Waals surface area contributed by atoms with Crippen LogP contribution < -0.4 is 0 Å². The molecule has 1 aromatic heterocycles. The maximum atomic E-state index is 12.6. The van der Waals surface area contributed by atoms with Crippen LogP contribution in [-0.2, 0) is 11.3 Å². The highest BCUT2D eigenvalue weighted by Gasteiger charge is 2.50. The molecule has 140 valence electrons. The summed E-state index contributed by atoms with van der Waals surface area (Å²) in [4.78, 5) is 26.3. The van der Waals surface area contributed by atoms with Gasteiger partial charge in [-0.15, -0.1) is 0 Å². The number of likely N-dealkylation sites (N-methyl/N-ethyl adjacent to an activating group) is 1. The zero-order valence-corrected chi connectivity index (χ0v) is 16.0. The Balaban J connectivity index is 1.41. The number of ketones is 1. The van der Waals surface area contributed by atoms with Crippen LogP contribution in [0.3, 0.4) is 0 Å². The van der Waals surface area contributed by atoms with Crippen molar-refractivity contribution in [2.75, 3.05) is 20.1 Å². The zero-order valence-electron chi connectivity index (χ0n) is 16.0. The van der Waals surface area contributed by atoms with Crippen LogP contribution in [0.15, 0.2) is 47.6 Å². The summed E-state index contributed by atoms with van der Waals surface area (Å²) in [6.07, 6.45) is 4.14. The van der Waals surface area contributed by atoms with Crippen molar-refractivity contribution in [2.45, 2.75) is 31.3 Å². The molecule has 1 unspecified atom stereocenters. The monoisotopic (exact) mass is 370 g/mol. The predicted molar refractivity (Wildman–Crippen MR) is 108 cm³/mol. The van der Waals surface area contributed by atoms with E-state index in [2.05, 4.69) is 45.8 Å². The van der Waals surface area contributed by atoms with E-state index in [4.69, 9.17) is 4.99 Å². The van der Waals surface area contributed by atoms with Gasteiger partial charge in [0, 0.05) is 44.2 Å². The van der Waals surface area contributed by atoms with Crippen molar-refractivity contribution < 1.29 is 4.79 Å². The lowest BCUT2D eigenvalue weighted by atomic mass is 9.84. The summed E-state index contributed by atoms with van der Waals surface area (Å²) in [7, 11) is 2.08. The summed E-state index contributed by atoms with van der Waals surface area (Å²) in [6.45, 7) is 2.43. The summed E-state index contributed by atoms with van der Waals surface area (Å²) in [6, 6.07) is 11.9. The normalized spacial score (nSPS) is 23.7. The van der Waals surface area contributed by atoms with E-state index in [1.54, 1.807) is 6.20 Å². The molecule has 1 atom stereocenters. The molecule has 2 aromatic rings. The Morgan fingerprint density at radius 1 is 1.14 bits per heavy atom. The summed E-state index contributed by atoms with van der Waals surface area (Å²) in [5, 5.41) is 0. The molecule has 5 nitrogen and oxygen atoms in total. The van der Waals surface area contributed by atoms with Crippen molar-refractivity contribution in [3.8, 4) is 11.8 Å². The average molecular weight is 370 g/mol. The van der Waals surface area contributed by atoms with Crippen molar-refractivity contribution in [1.29, 1.82) is 0 Å². The van der Waals surface area contributed by atoms with Gasteiger partial charge in [-0.05, 0) is 49.2 Å². The number of likely N-dealkylation sites (tertiary alicyclic amines) is 1. The molecule has 2 fully saturated rings. The zero-order chi connectivity index (χ0) is 19.1. The minimum atomic E-state index is -0.315. The van der Waals surface area contributed by atoms with E-state index in [0.717, 1.165) is 55.3 Å². The number of pyridine rings is 1. The van der Waals surface area contributed by atoms with Gasteiger partial charge in [0.25, 0.3) is 0 Å². The molecule has 0 radical (unpaired) electrons. The molecule has 1 aromatic carbocycles. The number of hydrogen-bond acceptors (Lipinski definition) is 5. The van der Waals surface area contributed by atoms with Crippen molar-refractivity contribution in [2.24, 2.45) is 4.99 Å². The van der Waals surface area contributed by atoms with E-state index in [1.165, 1.54) is 5.56 Å². The second-order valence-corrected chi connectivity index (χ2v) is 7.82. The highest BCUT2D eigenvalue weighted by atomic mass is 16.1. The smallest absolute Gasteiger partial charge is 0.156 e. The van der Waals surface area contributed by atoms with Crippen molar-refractivity contribution in [1.82, 2.24) is 14.8 Å². The molecule has 0 bridgehead atoms. The molecular weight excluding hydrogens is 348 g/mol. The minimum Gasteiger partial charge on any atom is -0.353 e. The quantitative estimate of drug-likeness (QED) is 0.669. The van der Waals surface area contributed by atoms with Crippen LogP contribution in [0.25, 0.3) is 0 Å². The fourth-order valence-electron chi connectivity index (χ4n) is 4.50. The molecule has 5 rings (SSSR count). The van der Waals surface area contributed by atoms with Crippen LogP contribution in [0.5, 0.6) is 0 Å². The Kier molecular flexibility index (Phi) is 4.03. The van der Waals surface area contributed by atoms with Crippen LogP contribution in [-0.4, -0.2) is 52.1 Å². The van der Waals surface area contributed by atoms with Crippen LogP contribution in [0.1, 0.15) is 36.1 Å². The van der Waals surface area contributed by atoms with Crippen LogP contribution in [0, 0.1) is 11.8 Å². The number of carbonyl (C=O) groups excluding carboxylic acids is 1. The summed E-state index contributed by atoms with van der Waals surface area (Å²) >= 11 is 0. The summed E-state index contributed by atoms with van der Waals surface area (Å²) in [5.41, 5.74) is 3.59. The highest BCUT2D eigenvalue weighted by Crippen LogP contribution is 2.38. The molecular formula is C23H22N4O. The number of aromatic nitrogens is 1. The molecule has 0 amide bonds. The first-order valence-electron chi connectivity index (χ1n) is 9.77. The Hall–Kier alpha value is -2.97. The van der Waals surface area contributed by atoms with Gasteiger partial charge in [-0.3, -0.25) is 9.69 Å². The van der Waals surface area contributed by atoms with Crippen molar-refractivity contribution in [3.63, 3.8) is 0 Å². The van der Waals surface area contributed by atoms with Crippen molar-refractivity contribution in [3.05, 3.63) is 59.4 Å². The molecule has 3 aliphatic heterocycles. The highest BCUT2D eigenvalue weighted by molar-refractivity contribution is 5.95. The number of amidine groups is 1. The maximum absolute atomic E-state index is 12.6.